The van der Waals surface area contributed by atoms with E-state index in [0.717, 1.165) is 5.56 Å². The van der Waals surface area contributed by atoms with Crippen LogP contribution in [-0.4, -0.2) is 62.3 Å². The average molecular weight is 351 g/mol. The summed E-state index contributed by atoms with van der Waals surface area (Å²) in [6.45, 7) is 9.61. The van der Waals surface area contributed by atoms with Gasteiger partial charge < -0.3 is 5.32 Å². The summed E-state index contributed by atoms with van der Waals surface area (Å²) in [5.41, 5.74) is 1.03. The van der Waals surface area contributed by atoms with E-state index in [1.54, 1.807) is 30.3 Å². The van der Waals surface area contributed by atoms with Crippen molar-refractivity contribution in [3.8, 4) is 0 Å². The fourth-order valence-corrected chi connectivity index (χ4v) is 4.10. The van der Waals surface area contributed by atoms with Gasteiger partial charge in [0.2, 0.25) is 15.9 Å². The van der Waals surface area contributed by atoms with Crippen LogP contribution in [0, 0.1) is 6.92 Å². The van der Waals surface area contributed by atoms with Gasteiger partial charge in [-0.2, -0.15) is 4.31 Å². The molecule has 6 nitrogen and oxygen atoms in total. The molecule has 7 heteroatoms. The van der Waals surface area contributed by atoms with Gasteiger partial charge in [0.1, 0.15) is 0 Å². The van der Waals surface area contributed by atoms with Crippen LogP contribution in [0.2, 0.25) is 0 Å². The van der Waals surface area contributed by atoms with Crippen molar-refractivity contribution in [2.24, 2.45) is 0 Å². The minimum Gasteiger partial charge on any atom is -0.351 e. The molecule has 1 N–H and O–H groups in total. The topological polar surface area (TPSA) is 69.7 Å². The van der Waals surface area contributed by atoms with Gasteiger partial charge >= 0.3 is 0 Å². The maximum absolute atomic E-state index is 12.7. The average Bonchev–Trinajstić information content (AvgIpc) is 2.59. The molecule has 0 aliphatic carbocycles. The number of nitrogens with zero attached hydrogens (tertiary/aromatic N) is 2. The van der Waals surface area contributed by atoms with E-state index >= 15 is 0 Å². The number of nitrogens with one attached hydrogen (secondary N) is 1. The highest BCUT2D eigenvalue weighted by Gasteiger charge is 2.31. The SMILES string of the molecule is C=CCNC(=O)[C@@H](C)N1CCN(S(=O)(=O)c2ccc(C)cc2)CC1. The van der Waals surface area contributed by atoms with Crippen molar-refractivity contribution in [3.05, 3.63) is 42.5 Å². The van der Waals surface area contributed by atoms with Crippen molar-refractivity contribution < 1.29 is 13.2 Å². The van der Waals surface area contributed by atoms with E-state index < -0.39 is 10.0 Å². The molecule has 0 spiro atoms. The molecule has 1 saturated heterocycles. The Kier molecular flexibility index (Phi) is 6.15. The first-order valence-electron chi connectivity index (χ1n) is 8.05. The number of hydrogen-bond donors (Lipinski definition) is 1. The molecule has 0 aromatic heterocycles. The van der Waals surface area contributed by atoms with Crippen molar-refractivity contribution in [2.75, 3.05) is 32.7 Å². The van der Waals surface area contributed by atoms with Gasteiger partial charge in [-0.25, -0.2) is 8.42 Å². The largest absolute Gasteiger partial charge is 0.351 e. The smallest absolute Gasteiger partial charge is 0.243 e. The van der Waals surface area contributed by atoms with Crippen molar-refractivity contribution in [1.82, 2.24) is 14.5 Å². The molecule has 0 unspecified atom stereocenters. The Bertz CT molecular complexity index is 678. The molecule has 1 amide bonds. The summed E-state index contributed by atoms with van der Waals surface area (Å²) in [4.78, 5) is 14.3. The molecule has 0 bridgehead atoms. The Hall–Kier alpha value is -1.70. The van der Waals surface area contributed by atoms with Crippen molar-refractivity contribution in [1.29, 1.82) is 0 Å². The minimum atomic E-state index is -3.47. The maximum atomic E-state index is 12.7. The Morgan fingerprint density at radius 1 is 1.25 bits per heavy atom. The van der Waals surface area contributed by atoms with E-state index in [4.69, 9.17) is 0 Å². The highest BCUT2D eigenvalue weighted by Crippen LogP contribution is 2.18. The van der Waals surface area contributed by atoms with Crippen molar-refractivity contribution in [3.63, 3.8) is 0 Å². The molecule has 1 aliphatic heterocycles. The quantitative estimate of drug-likeness (QED) is 0.776. The summed E-state index contributed by atoms with van der Waals surface area (Å²) in [6, 6.07) is 6.60. The zero-order chi connectivity index (χ0) is 17.7. The van der Waals surface area contributed by atoms with Crippen LogP contribution in [0.3, 0.4) is 0 Å². The highest BCUT2D eigenvalue weighted by atomic mass is 32.2. The molecule has 1 atom stereocenters. The van der Waals surface area contributed by atoms with Crippen molar-refractivity contribution >= 4 is 15.9 Å². The monoisotopic (exact) mass is 351 g/mol. The second-order valence-electron chi connectivity index (χ2n) is 5.96. The number of benzene rings is 1. The number of hydrogen-bond acceptors (Lipinski definition) is 4. The summed E-state index contributed by atoms with van der Waals surface area (Å²) in [5.74, 6) is -0.0651. The molecule has 2 rings (SSSR count). The van der Waals surface area contributed by atoms with Gasteiger partial charge in [0, 0.05) is 32.7 Å². The van der Waals surface area contributed by atoms with Gasteiger partial charge in [-0.05, 0) is 26.0 Å². The lowest BCUT2D eigenvalue weighted by atomic mass is 10.2. The number of carbonyl (C=O) groups is 1. The molecule has 24 heavy (non-hydrogen) atoms. The fourth-order valence-electron chi connectivity index (χ4n) is 2.68. The highest BCUT2D eigenvalue weighted by molar-refractivity contribution is 7.89. The van der Waals surface area contributed by atoms with E-state index in [1.165, 1.54) is 4.31 Å². The van der Waals surface area contributed by atoms with E-state index in [-0.39, 0.29) is 11.9 Å². The molecular weight excluding hydrogens is 326 g/mol. The predicted octanol–water partition coefficient (Wildman–Crippen LogP) is 0.992. The van der Waals surface area contributed by atoms with Crippen LogP contribution in [0.4, 0.5) is 0 Å². The van der Waals surface area contributed by atoms with E-state index in [2.05, 4.69) is 11.9 Å². The molecule has 1 fully saturated rings. The Labute approximate surface area is 144 Å². The molecule has 1 aromatic rings. The van der Waals surface area contributed by atoms with Crippen molar-refractivity contribution in [2.45, 2.75) is 24.8 Å². The molecule has 132 valence electrons. The fraction of sp³-hybridized carbons (Fsp3) is 0.471. The van der Waals surface area contributed by atoms with Crippen LogP contribution in [-0.2, 0) is 14.8 Å². The third-order valence-electron chi connectivity index (χ3n) is 4.28. The number of amides is 1. The first-order valence-corrected chi connectivity index (χ1v) is 9.49. The van der Waals surface area contributed by atoms with Crippen LogP contribution < -0.4 is 5.32 Å². The number of sulfonamides is 1. The first-order chi connectivity index (χ1) is 11.4. The maximum Gasteiger partial charge on any atom is 0.243 e. The van der Waals surface area contributed by atoms with Gasteiger partial charge in [-0.15, -0.1) is 6.58 Å². The van der Waals surface area contributed by atoms with Crippen LogP contribution in [0.5, 0.6) is 0 Å². The Balaban J connectivity index is 1.98. The Morgan fingerprint density at radius 2 is 1.83 bits per heavy atom. The molecule has 1 heterocycles. The van der Waals surface area contributed by atoms with E-state index in [1.807, 2.05) is 18.7 Å². The summed E-state index contributed by atoms with van der Waals surface area (Å²) < 4.78 is 26.8. The van der Waals surface area contributed by atoms with Gasteiger partial charge in [-0.3, -0.25) is 9.69 Å². The number of carbonyl (C=O) groups excluding carboxylic acids is 1. The summed E-state index contributed by atoms with van der Waals surface area (Å²) >= 11 is 0. The standard InChI is InChI=1S/C17H25N3O3S/c1-4-9-18-17(21)15(3)19-10-12-20(13-11-19)24(22,23)16-7-5-14(2)6-8-16/h4-8,15H,1,9-13H2,2-3H3,(H,18,21)/t15-/m1/s1. The lowest BCUT2D eigenvalue weighted by Crippen LogP contribution is -2.54. The predicted molar refractivity (Wildman–Crippen MR) is 94.2 cm³/mol. The van der Waals surface area contributed by atoms with E-state index in [9.17, 15) is 13.2 Å². The van der Waals surface area contributed by atoms with Gasteiger partial charge in [-0.1, -0.05) is 23.8 Å². The molecule has 1 aromatic carbocycles. The third-order valence-corrected chi connectivity index (χ3v) is 6.19. The normalized spacial score (nSPS) is 18.1. The van der Waals surface area contributed by atoms with Gasteiger partial charge in [0.15, 0.2) is 0 Å². The van der Waals surface area contributed by atoms with Crippen LogP contribution in [0.15, 0.2) is 41.8 Å². The number of rotatable bonds is 6. The lowest BCUT2D eigenvalue weighted by molar-refractivity contribution is -0.126. The Morgan fingerprint density at radius 3 is 2.38 bits per heavy atom. The number of piperazine rings is 1. The van der Waals surface area contributed by atoms with Crippen LogP contribution in [0.1, 0.15) is 12.5 Å². The second kappa shape index (κ2) is 7.92. The third kappa shape index (κ3) is 4.23. The zero-order valence-corrected chi connectivity index (χ0v) is 15.1. The summed E-state index contributed by atoms with van der Waals surface area (Å²) in [7, 11) is -3.47. The molecular formula is C17H25N3O3S. The first kappa shape index (κ1) is 18.6. The van der Waals surface area contributed by atoms with Gasteiger partial charge in [0.05, 0.1) is 10.9 Å². The summed E-state index contributed by atoms with van der Waals surface area (Å²) in [5, 5.41) is 2.77. The minimum absolute atomic E-state index is 0.0651. The zero-order valence-electron chi connectivity index (χ0n) is 14.2. The van der Waals surface area contributed by atoms with E-state index in [0.29, 0.717) is 37.6 Å². The molecule has 0 saturated carbocycles. The van der Waals surface area contributed by atoms with Crippen LogP contribution in [0.25, 0.3) is 0 Å². The van der Waals surface area contributed by atoms with Gasteiger partial charge in [0.25, 0.3) is 0 Å². The van der Waals surface area contributed by atoms with Crippen LogP contribution >= 0.6 is 0 Å². The molecule has 1 aliphatic rings. The molecule has 0 radical (unpaired) electrons. The lowest BCUT2D eigenvalue weighted by Gasteiger charge is -2.36. The number of aryl methyl sites for hydroxylation is 1. The second-order valence-corrected chi connectivity index (χ2v) is 7.90. The summed E-state index contributed by atoms with van der Waals surface area (Å²) in [6.07, 6.45) is 1.64.